The van der Waals surface area contributed by atoms with E-state index in [-0.39, 0.29) is 12.1 Å². The molecule has 2 unspecified atom stereocenters. The van der Waals surface area contributed by atoms with Gasteiger partial charge in [0.1, 0.15) is 0 Å². The van der Waals surface area contributed by atoms with Gasteiger partial charge >= 0.3 is 0 Å². The molecule has 0 fully saturated rings. The van der Waals surface area contributed by atoms with E-state index in [1.165, 1.54) is 16.7 Å². The Morgan fingerprint density at radius 1 is 1.30 bits per heavy atom. The van der Waals surface area contributed by atoms with Gasteiger partial charge in [-0.05, 0) is 36.6 Å². The van der Waals surface area contributed by atoms with E-state index in [1.807, 2.05) is 12.3 Å². The molecule has 1 aromatic heterocycles. The van der Waals surface area contributed by atoms with E-state index in [2.05, 4.69) is 36.5 Å². The molecule has 1 aliphatic heterocycles. The molecular weight excluding hydrogens is 250 g/mol. The van der Waals surface area contributed by atoms with E-state index < -0.39 is 0 Å². The highest BCUT2D eigenvalue weighted by molar-refractivity contribution is 5.31. The van der Waals surface area contributed by atoms with Crippen LogP contribution >= 0.6 is 0 Å². The van der Waals surface area contributed by atoms with Gasteiger partial charge in [0.15, 0.2) is 0 Å². The van der Waals surface area contributed by atoms with Crippen molar-refractivity contribution in [3.63, 3.8) is 0 Å². The Balaban J connectivity index is 1.79. The van der Waals surface area contributed by atoms with Crippen molar-refractivity contribution in [2.75, 3.05) is 13.2 Å². The average molecular weight is 271 g/mol. The Morgan fingerprint density at radius 2 is 2.20 bits per heavy atom. The number of hydrogen-bond acceptors (Lipinski definition) is 3. The van der Waals surface area contributed by atoms with Gasteiger partial charge in [-0.3, -0.25) is 0 Å². The molecule has 2 aromatic rings. The van der Waals surface area contributed by atoms with Gasteiger partial charge in [-0.2, -0.15) is 0 Å². The van der Waals surface area contributed by atoms with Crippen LogP contribution in [-0.2, 0) is 11.2 Å². The monoisotopic (exact) mass is 271 g/mol. The summed E-state index contributed by atoms with van der Waals surface area (Å²) >= 11 is 0. The molecule has 0 amide bonds. The van der Waals surface area contributed by atoms with Crippen molar-refractivity contribution in [2.45, 2.75) is 31.9 Å². The molecule has 0 aliphatic carbocycles. The van der Waals surface area contributed by atoms with Crippen LogP contribution in [0, 0.1) is 0 Å². The Labute approximate surface area is 119 Å². The van der Waals surface area contributed by atoms with Crippen molar-refractivity contribution in [1.29, 1.82) is 0 Å². The van der Waals surface area contributed by atoms with E-state index >= 15 is 0 Å². The predicted molar refractivity (Wildman–Crippen MR) is 78.6 cm³/mol. The fourth-order valence-electron chi connectivity index (χ4n) is 2.94. The number of hydrogen-bond donors (Lipinski definition) is 1. The van der Waals surface area contributed by atoms with Crippen LogP contribution in [-0.4, -0.2) is 13.2 Å². The molecule has 1 aliphatic rings. The van der Waals surface area contributed by atoms with E-state index in [1.54, 1.807) is 6.26 Å². The van der Waals surface area contributed by atoms with E-state index in [0.29, 0.717) is 0 Å². The lowest BCUT2D eigenvalue weighted by Crippen LogP contribution is -2.25. The quantitative estimate of drug-likeness (QED) is 0.901. The van der Waals surface area contributed by atoms with E-state index in [9.17, 15) is 0 Å². The van der Waals surface area contributed by atoms with Crippen molar-refractivity contribution < 1.29 is 9.15 Å². The summed E-state index contributed by atoms with van der Waals surface area (Å²) in [5.41, 5.74) is 3.95. The SMILES string of the molecule is CCNC(CC1OCCc2ccccc21)c1ccoc1. The molecule has 20 heavy (non-hydrogen) atoms. The summed E-state index contributed by atoms with van der Waals surface area (Å²) in [6, 6.07) is 10.9. The molecule has 0 spiro atoms. The number of rotatable bonds is 5. The van der Waals surface area contributed by atoms with Crippen molar-refractivity contribution in [3.05, 3.63) is 59.5 Å². The van der Waals surface area contributed by atoms with Crippen LogP contribution in [0.1, 0.15) is 42.2 Å². The summed E-state index contributed by atoms with van der Waals surface area (Å²) in [7, 11) is 0. The molecule has 1 N–H and O–H groups in total. The minimum Gasteiger partial charge on any atom is -0.472 e. The van der Waals surface area contributed by atoms with Crippen molar-refractivity contribution in [2.24, 2.45) is 0 Å². The smallest absolute Gasteiger partial charge is 0.0950 e. The summed E-state index contributed by atoms with van der Waals surface area (Å²) in [6.07, 6.45) is 5.67. The number of fused-ring (bicyclic) bond motifs is 1. The van der Waals surface area contributed by atoms with Crippen molar-refractivity contribution in [1.82, 2.24) is 5.32 Å². The zero-order chi connectivity index (χ0) is 13.8. The number of ether oxygens (including phenoxy) is 1. The minimum atomic E-state index is 0.166. The molecule has 3 rings (SSSR count). The fraction of sp³-hybridized carbons (Fsp3) is 0.412. The molecule has 106 valence electrons. The second-order valence-corrected chi connectivity index (χ2v) is 5.21. The first-order valence-corrected chi connectivity index (χ1v) is 7.33. The average Bonchev–Trinajstić information content (AvgIpc) is 3.01. The Kier molecular flexibility index (Phi) is 4.19. The Morgan fingerprint density at radius 3 is 3.00 bits per heavy atom. The maximum atomic E-state index is 6.01. The standard InChI is InChI=1S/C17H21NO2/c1-2-18-16(14-7-9-19-12-14)11-17-15-6-4-3-5-13(15)8-10-20-17/h3-7,9,12,16-18H,2,8,10-11H2,1H3. The largest absolute Gasteiger partial charge is 0.472 e. The molecule has 3 heteroatoms. The lowest BCUT2D eigenvalue weighted by Gasteiger charge is -2.29. The third kappa shape index (κ3) is 2.79. The highest BCUT2D eigenvalue weighted by atomic mass is 16.5. The predicted octanol–water partition coefficient (Wildman–Crippen LogP) is 3.63. The Hall–Kier alpha value is -1.58. The number of nitrogens with one attached hydrogen (secondary N) is 1. The van der Waals surface area contributed by atoms with Gasteiger partial charge in [0.25, 0.3) is 0 Å². The van der Waals surface area contributed by atoms with Gasteiger partial charge in [-0.1, -0.05) is 31.2 Å². The molecule has 0 saturated heterocycles. The molecule has 2 heterocycles. The van der Waals surface area contributed by atoms with Crippen molar-refractivity contribution in [3.8, 4) is 0 Å². The van der Waals surface area contributed by atoms with Gasteiger partial charge < -0.3 is 14.5 Å². The van der Waals surface area contributed by atoms with Crippen molar-refractivity contribution >= 4 is 0 Å². The maximum absolute atomic E-state index is 6.01. The second kappa shape index (κ2) is 6.25. The van der Waals surface area contributed by atoms with Crippen LogP contribution < -0.4 is 5.32 Å². The molecule has 0 bridgehead atoms. The molecular formula is C17H21NO2. The Bertz CT molecular complexity index is 536. The summed E-state index contributed by atoms with van der Waals surface area (Å²) in [5.74, 6) is 0. The van der Waals surface area contributed by atoms with Gasteiger partial charge in [-0.15, -0.1) is 0 Å². The zero-order valence-electron chi connectivity index (χ0n) is 11.8. The van der Waals surface area contributed by atoms with Crippen LogP contribution in [0.5, 0.6) is 0 Å². The molecule has 0 radical (unpaired) electrons. The summed E-state index contributed by atoms with van der Waals surface area (Å²) in [5, 5.41) is 3.52. The third-order valence-corrected chi connectivity index (χ3v) is 3.94. The maximum Gasteiger partial charge on any atom is 0.0950 e. The molecule has 0 saturated carbocycles. The topological polar surface area (TPSA) is 34.4 Å². The summed E-state index contributed by atoms with van der Waals surface area (Å²) < 4.78 is 11.2. The van der Waals surface area contributed by atoms with Gasteiger partial charge in [0.2, 0.25) is 0 Å². The van der Waals surface area contributed by atoms with Crippen LogP contribution in [0.25, 0.3) is 0 Å². The number of benzene rings is 1. The normalized spacial score (nSPS) is 19.6. The first kappa shape index (κ1) is 13.4. The van der Waals surface area contributed by atoms with Gasteiger partial charge in [0.05, 0.1) is 25.2 Å². The molecule has 1 aromatic carbocycles. The second-order valence-electron chi connectivity index (χ2n) is 5.21. The lowest BCUT2D eigenvalue weighted by molar-refractivity contribution is 0.0294. The highest BCUT2D eigenvalue weighted by Gasteiger charge is 2.24. The first-order chi connectivity index (χ1) is 9.88. The van der Waals surface area contributed by atoms with Crippen LogP contribution in [0.2, 0.25) is 0 Å². The van der Waals surface area contributed by atoms with Crippen LogP contribution in [0.15, 0.2) is 47.3 Å². The number of furan rings is 1. The minimum absolute atomic E-state index is 0.166. The molecule has 2 atom stereocenters. The van der Waals surface area contributed by atoms with E-state index in [0.717, 1.165) is 26.0 Å². The van der Waals surface area contributed by atoms with Gasteiger partial charge in [0, 0.05) is 11.6 Å². The third-order valence-electron chi connectivity index (χ3n) is 3.94. The highest BCUT2D eigenvalue weighted by Crippen LogP contribution is 2.34. The molecule has 3 nitrogen and oxygen atoms in total. The van der Waals surface area contributed by atoms with E-state index in [4.69, 9.17) is 9.15 Å². The van der Waals surface area contributed by atoms with Crippen LogP contribution in [0.4, 0.5) is 0 Å². The van der Waals surface area contributed by atoms with Gasteiger partial charge in [-0.25, -0.2) is 0 Å². The fourth-order valence-corrected chi connectivity index (χ4v) is 2.94. The summed E-state index contributed by atoms with van der Waals surface area (Å²) in [4.78, 5) is 0. The lowest BCUT2D eigenvalue weighted by atomic mass is 9.92. The summed E-state index contributed by atoms with van der Waals surface area (Å²) in [6.45, 7) is 3.87. The zero-order valence-corrected chi connectivity index (χ0v) is 11.8. The first-order valence-electron chi connectivity index (χ1n) is 7.33. The van der Waals surface area contributed by atoms with Crippen LogP contribution in [0.3, 0.4) is 0 Å².